The maximum Gasteiger partial charge on any atom is 0.146 e. The summed E-state index contributed by atoms with van der Waals surface area (Å²) in [5.74, 6) is 0.637. The highest BCUT2D eigenvalue weighted by Gasteiger charge is 2.17. The number of H-pyrrole nitrogens is 1. The van der Waals surface area contributed by atoms with Crippen LogP contribution in [0, 0.1) is 18.3 Å². The van der Waals surface area contributed by atoms with E-state index in [1.54, 1.807) is 23.9 Å². The van der Waals surface area contributed by atoms with Gasteiger partial charge in [0.25, 0.3) is 0 Å². The molecule has 0 saturated carbocycles. The number of aromatic amines is 1. The van der Waals surface area contributed by atoms with Crippen LogP contribution in [0.1, 0.15) is 23.7 Å². The van der Waals surface area contributed by atoms with E-state index >= 15 is 0 Å². The molecule has 0 aromatic carbocycles. The van der Waals surface area contributed by atoms with Gasteiger partial charge in [-0.2, -0.15) is 10.4 Å². The van der Waals surface area contributed by atoms with E-state index in [0.29, 0.717) is 11.3 Å². The van der Waals surface area contributed by atoms with Gasteiger partial charge >= 0.3 is 0 Å². The fraction of sp³-hybridized carbons (Fsp3) is 0.211. The van der Waals surface area contributed by atoms with Crippen molar-refractivity contribution in [2.75, 3.05) is 7.11 Å². The number of aromatic nitrogens is 4. The smallest absolute Gasteiger partial charge is 0.146 e. The number of nitrogens with one attached hydrogen (secondary N) is 1. The van der Waals surface area contributed by atoms with Crippen molar-refractivity contribution < 1.29 is 4.74 Å². The van der Waals surface area contributed by atoms with Crippen molar-refractivity contribution in [3.63, 3.8) is 0 Å². The summed E-state index contributed by atoms with van der Waals surface area (Å²) in [7, 11) is 1.60. The summed E-state index contributed by atoms with van der Waals surface area (Å²) < 4.78 is 7.16. The Hall–Kier alpha value is -3.33. The van der Waals surface area contributed by atoms with Gasteiger partial charge < -0.3 is 9.72 Å². The monoisotopic (exact) mass is 331 g/mol. The Morgan fingerprint density at radius 3 is 2.88 bits per heavy atom. The van der Waals surface area contributed by atoms with E-state index in [1.807, 2.05) is 19.1 Å². The van der Waals surface area contributed by atoms with Gasteiger partial charge in [0.1, 0.15) is 28.7 Å². The van der Waals surface area contributed by atoms with Gasteiger partial charge in [0, 0.05) is 28.9 Å². The van der Waals surface area contributed by atoms with Crippen LogP contribution in [0.2, 0.25) is 0 Å². The van der Waals surface area contributed by atoms with E-state index in [-0.39, 0.29) is 0 Å². The molecular formula is C19H17N5O. The molecule has 0 aliphatic carbocycles. The van der Waals surface area contributed by atoms with E-state index in [0.717, 1.165) is 45.6 Å². The molecule has 0 saturated heterocycles. The maximum absolute atomic E-state index is 9.19. The first-order valence-electron chi connectivity index (χ1n) is 8.10. The van der Waals surface area contributed by atoms with E-state index in [1.165, 1.54) is 0 Å². The molecule has 0 amide bonds. The van der Waals surface area contributed by atoms with Gasteiger partial charge in [-0.3, -0.25) is 0 Å². The molecule has 0 aliphatic rings. The van der Waals surface area contributed by atoms with E-state index in [4.69, 9.17) is 4.74 Å². The Labute approximate surface area is 144 Å². The Bertz CT molecular complexity index is 1150. The third-order valence-electron chi connectivity index (χ3n) is 4.43. The first-order chi connectivity index (χ1) is 12.1. The quantitative estimate of drug-likeness (QED) is 0.622. The van der Waals surface area contributed by atoms with Crippen molar-refractivity contribution in [3.8, 4) is 23.2 Å². The summed E-state index contributed by atoms with van der Waals surface area (Å²) >= 11 is 0. The highest BCUT2D eigenvalue weighted by Crippen LogP contribution is 2.32. The number of hydrogen-bond acceptors (Lipinski definition) is 4. The lowest BCUT2D eigenvalue weighted by atomic mass is 10.1. The zero-order valence-electron chi connectivity index (χ0n) is 14.3. The van der Waals surface area contributed by atoms with Crippen LogP contribution in [-0.2, 0) is 6.42 Å². The second-order valence-electron chi connectivity index (χ2n) is 5.95. The first-order valence-corrected chi connectivity index (χ1v) is 8.10. The number of hydrogen-bond donors (Lipinski definition) is 1. The molecule has 0 spiro atoms. The number of pyridine rings is 2. The van der Waals surface area contributed by atoms with Gasteiger partial charge in [-0.1, -0.05) is 6.92 Å². The highest BCUT2D eigenvalue weighted by molar-refractivity contribution is 5.85. The Morgan fingerprint density at radius 1 is 1.32 bits per heavy atom. The zero-order valence-corrected chi connectivity index (χ0v) is 14.3. The molecule has 25 heavy (non-hydrogen) atoms. The SMILES string of the molecule is CCc1ccc2cc(-c3nn4cc(C#N)cc(OC)c4c3C)[nH]c2n1. The van der Waals surface area contributed by atoms with Crippen LogP contribution in [-0.4, -0.2) is 26.7 Å². The summed E-state index contributed by atoms with van der Waals surface area (Å²) in [6.45, 7) is 4.09. The van der Waals surface area contributed by atoms with Crippen molar-refractivity contribution in [2.24, 2.45) is 0 Å². The summed E-state index contributed by atoms with van der Waals surface area (Å²) in [5.41, 5.74) is 5.98. The molecule has 6 heteroatoms. The normalized spacial score (nSPS) is 11.1. The fourth-order valence-electron chi connectivity index (χ4n) is 3.13. The van der Waals surface area contributed by atoms with Crippen LogP contribution >= 0.6 is 0 Å². The largest absolute Gasteiger partial charge is 0.494 e. The van der Waals surface area contributed by atoms with Crippen molar-refractivity contribution in [1.29, 1.82) is 5.26 Å². The van der Waals surface area contributed by atoms with Crippen molar-refractivity contribution >= 4 is 16.6 Å². The lowest BCUT2D eigenvalue weighted by Gasteiger charge is -2.03. The molecule has 4 aromatic heterocycles. The van der Waals surface area contributed by atoms with Crippen molar-refractivity contribution in [3.05, 3.63) is 47.3 Å². The van der Waals surface area contributed by atoms with E-state index in [2.05, 4.69) is 34.1 Å². The molecule has 0 aliphatic heterocycles. The minimum atomic E-state index is 0.504. The summed E-state index contributed by atoms with van der Waals surface area (Å²) in [6.07, 6.45) is 2.61. The number of rotatable bonds is 3. The van der Waals surface area contributed by atoms with Crippen LogP contribution in [0.25, 0.3) is 27.9 Å². The van der Waals surface area contributed by atoms with Crippen LogP contribution in [0.3, 0.4) is 0 Å². The van der Waals surface area contributed by atoms with Gasteiger partial charge in [0.2, 0.25) is 0 Å². The molecule has 0 atom stereocenters. The van der Waals surface area contributed by atoms with E-state index < -0.39 is 0 Å². The fourth-order valence-corrected chi connectivity index (χ4v) is 3.13. The van der Waals surface area contributed by atoms with Gasteiger partial charge in [-0.25, -0.2) is 9.50 Å². The van der Waals surface area contributed by atoms with Gasteiger partial charge in [0.15, 0.2) is 0 Å². The summed E-state index contributed by atoms with van der Waals surface area (Å²) in [5, 5.41) is 14.9. The first kappa shape index (κ1) is 15.2. The molecule has 6 nitrogen and oxygen atoms in total. The summed E-state index contributed by atoms with van der Waals surface area (Å²) in [4.78, 5) is 7.99. The number of aryl methyl sites for hydroxylation is 2. The topological polar surface area (TPSA) is 79.0 Å². The third-order valence-corrected chi connectivity index (χ3v) is 4.43. The van der Waals surface area contributed by atoms with Crippen molar-refractivity contribution in [2.45, 2.75) is 20.3 Å². The number of fused-ring (bicyclic) bond motifs is 2. The number of ether oxygens (including phenoxy) is 1. The van der Waals surface area contributed by atoms with Gasteiger partial charge in [-0.15, -0.1) is 0 Å². The zero-order chi connectivity index (χ0) is 17.6. The molecule has 4 aromatic rings. The van der Waals surface area contributed by atoms with Gasteiger partial charge in [-0.05, 0) is 31.5 Å². The lowest BCUT2D eigenvalue weighted by Crippen LogP contribution is -1.93. The molecule has 4 heterocycles. The second-order valence-corrected chi connectivity index (χ2v) is 5.95. The molecule has 0 unspecified atom stereocenters. The van der Waals surface area contributed by atoms with Gasteiger partial charge in [0.05, 0.1) is 18.4 Å². The van der Waals surface area contributed by atoms with Crippen molar-refractivity contribution in [1.82, 2.24) is 19.6 Å². The predicted molar refractivity (Wildman–Crippen MR) is 95.7 cm³/mol. The minimum absolute atomic E-state index is 0.504. The average Bonchev–Trinajstić information content (AvgIpc) is 3.21. The third kappa shape index (κ3) is 2.32. The number of nitrogens with zero attached hydrogens (tertiary/aromatic N) is 4. The Morgan fingerprint density at radius 2 is 2.16 bits per heavy atom. The van der Waals surface area contributed by atoms with Crippen LogP contribution < -0.4 is 4.74 Å². The minimum Gasteiger partial charge on any atom is -0.494 e. The number of nitriles is 1. The molecule has 0 radical (unpaired) electrons. The summed E-state index contributed by atoms with van der Waals surface area (Å²) in [6, 6.07) is 10.0. The van der Waals surface area contributed by atoms with Crippen LogP contribution in [0.4, 0.5) is 0 Å². The lowest BCUT2D eigenvalue weighted by molar-refractivity contribution is 0.417. The second kappa shape index (κ2) is 5.64. The molecule has 0 bridgehead atoms. The molecular weight excluding hydrogens is 314 g/mol. The Balaban J connectivity index is 1.95. The van der Waals surface area contributed by atoms with E-state index in [9.17, 15) is 5.26 Å². The van der Waals surface area contributed by atoms with Crippen LogP contribution in [0.5, 0.6) is 5.75 Å². The average molecular weight is 331 g/mol. The number of methoxy groups -OCH3 is 1. The Kier molecular flexibility index (Phi) is 3.43. The standard InChI is InChI=1S/C19H17N5O/c1-4-14-6-5-13-8-15(22-19(13)21-14)17-11(2)18-16(25-3)7-12(9-20)10-24(18)23-17/h5-8,10H,4H2,1-3H3,(H,21,22). The van der Waals surface area contributed by atoms with Crippen LogP contribution in [0.15, 0.2) is 30.5 Å². The molecule has 0 fully saturated rings. The maximum atomic E-state index is 9.19. The molecule has 4 rings (SSSR count). The predicted octanol–water partition coefficient (Wildman–Crippen LogP) is 3.63. The molecule has 124 valence electrons. The highest BCUT2D eigenvalue weighted by atomic mass is 16.5. The molecule has 1 N–H and O–H groups in total.